The molecule has 2 aliphatic carbocycles. The number of nitrogens with two attached hydrogens (primary N) is 1. The third-order valence-electron chi connectivity index (χ3n) is 4.57. The second kappa shape index (κ2) is 5.65. The molecular formula is C16H22ClN3. The van der Waals surface area contributed by atoms with E-state index in [0.717, 1.165) is 11.6 Å². The van der Waals surface area contributed by atoms with Crippen LogP contribution >= 0.6 is 11.6 Å². The molecule has 20 heavy (non-hydrogen) atoms. The molecule has 0 amide bonds. The highest BCUT2D eigenvalue weighted by molar-refractivity contribution is 6.30. The topological polar surface area (TPSA) is 50.4 Å². The minimum atomic E-state index is 0.201. The van der Waals surface area contributed by atoms with Crippen molar-refractivity contribution in [3.8, 4) is 0 Å². The summed E-state index contributed by atoms with van der Waals surface area (Å²) in [6, 6.07) is 8.68. The molecule has 2 fully saturated rings. The average molecular weight is 292 g/mol. The van der Waals surface area contributed by atoms with Crippen LogP contribution in [0.4, 0.5) is 0 Å². The summed E-state index contributed by atoms with van der Waals surface area (Å²) in [7, 11) is 0. The molecule has 4 heteroatoms. The molecule has 2 aliphatic rings. The number of rotatable bonds is 4. The van der Waals surface area contributed by atoms with Crippen LogP contribution in [-0.2, 0) is 5.41 Å². The molecular weight excluding hydrogens is 270 g/mol. The molecule has 3 N–H and O–H groups in total. The third kappa shape index (κ3) is 3.09. The van der Waals surface area contributed by atoms with Gasteiger partial charge in [-0.25, -0.2) is 0 Å². The highest BCUT2D eigenvalue weighted by atomic mass is 35.5. The number of hydrogen-bond acceptors (Lipinski definition) is 1. The number of nitrogens with one attached hydrogen (secondary N) is 1. The van der Waals surface area contributed by atoms with Crippen LogP contribution in [0.25, 0.3) is 0 Å². The predicted molar refractivity (Wildman–Crippen MR) is 84.2 cm³/mol. The standard InChI is InChI=1S/C16H22ClN3/c17-13-7-5-12(6-8-13)16(9-10-16)11-19-15(18)20-14-3-1-2-4-14/h5-8,14H,1-4,9-11H2,(H3,18,19,20). The van der Waals surface area contributed by atoms with Crippen LogP contribution in [0.2, 0.25) is 5.02 Å². The van der Waals surface area contributed by atoms with Gasteiger partial charge in [-0.1, -0.05) is 36.6 Å². The van der Waals surface area contributed by atoms with Crippen LogP contribution < -0.4 is 11.1 Å². The Morgan fingerprint density at radius 2 is 1.90 bits per heavy atom. The fourth-order valence-corrected chi connectivity index (χ4v) is 3.18. The fourth-order valence-electron chi connectivity index (χ4n) is 3.05. The van der Waals surface area contributed by atoms with Crippen LogP contribution in [-0.4, -0.2) is 18.5 Å². The molecule has 0 aromatic heterocycles. The predicted octanol–water partition coefficient (Wildman–Crippen LogP) is 3.22. The van der Waals surface area contributed by atoms with Crippen LogP contribution in [0.3, 0.4) is 0 Å². The van der Waals surface area contributed by atoms with Crippen molar-refractivity contribution in [3.63, 3.8) is 0 Å². The number of aliphatic imine (C=N–C) groups is 1. The summed E-state index contributed by atoms with van der Waals surface area (Å²) in [6.07, 6.45) is 7.43. The third-order valence-corrected chi connectivity index (χ3v) is 4.82. The Balaban J connectivity index is 1.60. The first-order valence-electron chi connectivity index (χ1n) is 7.50. The van der Waals surface area contributed by atoms with E-state index >= 15 is 0 Å². The van der Waals surface area contributed by atoms with E-state index in [4.69, 9.17) is 17.3 Å². The lowest BCUT2D eigenvalue weighted by Crippen LogP contribution is -2.39. The normalized spacial score (nSPS) is 21.9. The van der Waals surface area contributed by atoms with Gasteiger partial charge in [0.15, 0.2) is 5.96 Å². The highest BCUT2D eigenvalue weighted by Crippen LogP contribution is 2.48. The summed E-state index contributed by atoms with van der Waals surface area (Å²) >= 11 is 5.95. The molecule has 0 spiro atoms. The molecule has 108 valence electrons. The van der Waals surface area contributed by atoms with Crippen molar-refractivity contribution in [2.75, 3.05) is 6.54 Å². The summed E-state index contributed by atoms with van der Waals surface area (Å²) in [4.78, 5) is 4.57. The van der Waals surface area contributed by atoms with E-state index in [1.54, 1.807) is 0 Å². The first-order valence-corrected chi connectivity index (χ1v) is 7.88. The molecule has 0 bridgehead atoms. The molecule has 3 nitrogen and oxygen atoms in total. The summed E-state index contributed by atoms with van der Waals surface area (Å²) < 4.78 is 0. The van der Waals surface area contributed by atoms with Crippen molar-refractivity contribution in [3.05, 3.63) is 34.9 Å². The van der Waals surface area contributed by atoms with Crippen molar-refractivity contribution in [2.24, 2.45) is 10.7 Å². The lowest BCUT2D eigenvalue weighted by atomic mass is 9.96. The van der Waals surface area contributed by atoms with Crippen molar-refractivity contribution >= 4 is 17.6 Å². The smallest absolute Gasteiger partial charge is 0.188 e. The fraction of sp³-hybridized carbons (Fsp3) is 0.562. The van der Waals surface area contributed by atoms with Gasteiger partial charge in [0.1, 0.15) is 0 Å². The van der Waals surface area contributed by atoms with Gasteiger partial charge in [0.25, 0.3) is 0 Å². The molecule has 0 aliphatic heterocycles. The van der Waals surface area contributed by atoms with Gasteiger partial charge in [0, 0.05) is 16.5 Å². The Kier molecular flexibility index (Phi) is 3.88. The van der Waals surface area contributed by atoms with Gasteiger partial charge in [-0.15, -0.1) is 0 Å². The van der Waals surface area contributed by atoms with Crippen LogP contribution in [0, 0.1) is 0 Å². The van der Waals surface area contributed by atoms with Crippen molar-refractivity contribution in [1.82, 2.24) is 5.32 Å². The molecule has 0 atom stereocenters. The molecule has 1 aromatic carbocycles. The second-order valence-electron chi connectivity index (χ2n) is 6.11. The number of halogens is 1. The largest absolute Gasteiger partial charge is 0.370 e. The molecule has 0 radical (unpaired) electrons. The van der Waals surface area contributed by atoms with Gasteiger partial charge in [-0.05, 0) is 43.4 Å². The Morgan fingerprint density at radius 3 is 2.50 bits per heavy atom. The van der Waals surface area contributed by atoms with Gasteiger partial charge in [-0.3, -0.25) is 4.99 Å². The Hall–Kier alpha value is -1.22. The summed E-state index contributed by atoms with van der Waals surface area (Å²) in [5.74, 6) is 0.608. The van der Waals surface area contributed by atoms with E-state index in [-0.39, 0.29) is 5.41 Å². The lowest BCUT2D eigenvalue weighted by Gasteiger charge is -2.16. The van der Waals surface area contributed by atoms with Crippen molar-refractivity contribution in [2.45, 2.75) is 50.0 Å². The summed E-state index contributed by atoms with van der Waals surface area (Å²) in [5.41, 5.74) is 7.54. The maximum atomic E-state index is 6.01. The zero-order valence-electron chi connectivity index (χ0n) is 11.7. The summed E-state index contributed by atoms with van der Waals surface area (Å²) in [5, 5.41) is 4.13. The monoisotopic (exact) mass is 291 g/mol. The van der Waals surface area contributed by atoms with Gasteiger partial charge in [0.05, 0.1) is 6.54 Å². The number of guanidine groups is 1. The van der Waals surface area contributed by atoms with E-state index in [2.05, 4.69) is 22.4 Å². The average Bonchev–Trinajstić information content (AvgIpc) is 3.07. The lowest BCUT2D eigenvalue weighted by molar-refractivity contribution is 0.620. The number of hydrogen-bond donors (Lipinski definition) is 2. The van der Waals surface area contributed by atoms with E-state index in [9.17, 15) is 0 Å². The molecule has 0 saturated heterocycles. The van der Waals surface area contributed by atoms with Gasteiger partial charge < -0.3 is 11.1 Å². The Labute approximate surface area is 125 Å². The molecule has 0 heterocycles. The van der Waals surface area contributed by atoms with Crippen LogP contribution in [0.15, 0.2) is 29.3 Å². The highest BCUT2D eigenvalue weighted by Gasteiger charge is 2.44. The number of benzene rings is 1. The Bertz CT molecular complexity index is 485. The van der Waals surface area contributed by atoms with Crippen LogP contribution in [0.5, 0.6) is 0 Å². The molecule has 1 aromatic rings. The zero-order chi connectivity index (χ0) is 14.0. The molecule has 2 saturated carbocycles. The quantitative estimate of drug-likeness (QED) is 0.661. The van der Waals surface area contributed by atoms with E-state index < -0.39 is 0 Å². The van der Waals surface area contributed by atoms with Crippen molar-refractivity contribution < 1.29 is 0 Å². The molecule has 3 rings (SSSR count). The first kappa shape index (κ1) is 13.7. The van der Waals surface area contributed by atoms with Gasteiger partial charge in [0.2, 0.25) is 0 Å². The van der Waals surface area contributed by atoms with Gasteiger partial charge >= 0.3 is 0 Å². The van der Waals surface area contributed by atoms with Crippen molar-refractivity contribution in [1.29, 1.82) is 0 Å². The van der Waals surface area contributed by atoms with E-state index in [1.165, 1.54) is 44.1 Å². The zero-order valence-corrected chi connectivity index (χ0v) is 12.5. The number of nitrogens with zero attached hydrogens (tertiary/aromatic N) is 1. The maximum absolute atomic E-state index is 6.01. The SMILES string of the molecule is NC(=NCC1(c2ccc(Cl)cc2)CC1)NC1CCCC1. The van der Waals surface area contributed by atoms with E-state index in [1.807, 2.05) is 12.1 Å². The first-order chi connectivity index (χ1) is 9.68. The summed E-state index contributed by atoms with van der Waals surface area (Å²) in [6.45, 7) is 0.778. The minimum absolute atomic E-state index is 0.201. The van der Waals surface area contributed by atoms with E-state index in [0.29, 0.717) is 12.0 Å². The van der Waals surface area contributed by atoms with Crippen LogP contribution in [0.1, 0.15) is 44.1 Å². The Morgan fingerprint density at radius 1 is 1.25 bits per heavy atom. The maximum Gasteiger partial charge on any atom is 0.188 e. The minimum Gasteiger partial charge on any atom is -0.370 e. The van der Waals surface area contributed by atoms with Gasteiger partial charge in [-0.2, -0.15) is 0 Å². The molecule has 0 unspecified atom stereocenters. The second-order valence-corrected chi connectivity index (χ2v) is 6.55.